The zero-order valence-electron chi connectivity index (χ0n) is 28.8. The van der Waals surface area contributed by atoms with Crippen molar-refractivity contribution in [3.05, 3.63) is 75.1 Å². The molecular weight excluding hydrogens is 598 g/mol. The Morgan fingerprint density at radius 1 is 0.864 bits per heavy atom. The minimum absolute atomic E-state index is 0. The van der Waals surface area contributed by atoms with E-state index >= 15 is 0 Å². The third-order valence-corrected chi connectivity index (χ3v) is 9.02. The summed E-state index contributed by atoms with van der Waals surface area (Å²) < 4.78 is 5.72. The van der Waals surface area contributed by atoms with E-state index in [1.807, 2.05) is 25.1 Å². The van der Waals surface area contributed by atoms with E-state index in [9.17, 15) is 24.6 Å². The summed E-state index contributed by atoms with van der Waals surface area (Å²) in [5.74, 6) is -2.61. The van der Waals surface area contributed by atoms with Crippen LogP contribution < -0.4 is 64.5 Å². The molecule has 7 nitrogen and oxygen atoms in total. The number of carbonyl (C=O) groups is 2. The van der Waals surface area contributed by atoms with E-state index in [4.69, 9.17) is 9.52 Å². The van der Waals surface area contributed by atoms with E-state index in [1.54, 1.807) is 6.07 Å². The van der Waals surface area contributed by atoms with Crippen molar-refractivity contribution in [1.82, 2.24) is 0 Å². The number of benzene rings is 2. The van der Waals surface area contributed by atoms with Crippen LogP contribution in [0.2, 0.25) is 0 Å². The number of aliphatic hydroxyl groups excluding tert-OH is 1. The van der Waals surface area contributed by atoms with Crippen LogP contribution in [0.4, 0.5) is 0 Å². The number of unbranched alkanes of at least 4 members (excludes halogenated alkanes) is 6. The van der Waals surface area contributed by atoms with Gasteiger partial charge in [0.25, 0.3) is 0 Å². The van der Waals surface area contributed by atoms with Crippen molar-refractivity contribution in [1.29, 1.82) is 0 Å². The third kappa shape index (κ3) is 12.6. The van der Waals surface area contributed by atoms with E-state index in [-0.39, 0.29) is 74.0 Å². The van der Waals surface area contributed by atoms with Crippen LogP contribution in [-0.2, 0) is 17.6 Å². The third-order valence-electron chi connectivity index (χ3n) is 7.54. The van der Waals surface area contributed by atoms with Crippen molar-refractivity contribution in [3.63, 3.8) is 0 Å². The number of aliphatic carboxylic acids is 1. The Morgan fingerprint density at radius 2 is 1.52 bits per heavy atom. The molecule has 0 saturated carbocycles. The Bertz CT molecular complexity index is 1390. The summed E-state index contributed by atoms with van der Waals surface area (Å²) >= 11 is 1.44. The molecular formula is C34H46Na2O7S. The van der Waals surface area contributed by atoms with Crippen LogP contribution in [0.3, 0.4) is 0 Å². The molecule has 2 unspecified atom stereocenters. The fraction of sp³-hybridized carbons (Fsp3) is 0.500. The van der Waals surface area contributed by atoms with Gasteiger partial charge >= 0.3 is 71.1 Å². The van der Waals surface area contributed by atoms with E-state index in [1.165, 1.54) is 55.9 Å². The van der Waals surface area contributed by atoms with Gasteiger partial charge in [-0.2, -0.15) is 0 Å². The number of aryl methyl sites for hydroxylation is 2. The molecule has 0 aliphatic rings. The van der Waals surface area contributed by atoms with Crippen molar-refractivity contribution < 1.29 is 91.3 Å². The maximum Gasteiger partial charge on any atom is 1.00 e. The van der Waals surface area contributed by atoms with Gasteiger partial charge in [-0.15, -0.1) is 11.8 Å². The monoisotopic (exact) mass is 644 g/mol. The Hall–Kier alpha value is -1.10. The molecule has 0 radical (unpaired) electrons. The molecule has 2 aromatic carbocycles. The number of hydrogen-bond donors (Lipinski definition) is 3. The molecule has 1 aromatic heterocycles. The largest absolute Gasteiger partial charge is 1.00 e. The number of aliphatic hydroxyl groups is 1. The molecule has 232 valence electrons. The molecule has 1 heterocycles. The van der Waals surface area contributed by atoms with E-state index in [0.29, 0.717) is 24.6 Å². The summed E-state index contributed by atoms with van der Waals surface area (Å²) in [6.07, 6.45) is 10.9. The van der Waals surface area contributed by atoms with E-state index in [2.05, 4.69) is 19.1 Å². The summed E-state index contributed by atoms with van der Waals surface area (Å²) in [5, 5.41) is 29.8. The first-order chi connectivity index (χ1) is 20.2. The van der Waals surface area contributed by atoms with Gasteiger partial charge in [-0.1, -0.05) is 83.1 Å². The second kappa shape index (κ2) is 21.6. The molecule has 0 amide bonds. The first-order valence-electron chi connectivity index (χ1n) is 15.2. The molecule has 0 saturated heterocycles. The van der Waals surface area contributed by atoms with Crippen LogP contribution in [0.25, 0.3) is 11.0 Å². The molecule has 0 bridgehead atoms. The van der Waals surface area contributed by atoms with Gasteiger partial charge in [-0.3, -0.25) is 9.59 Å². The normalized spacial score (nSPS) is 12.2. The molecule has 2 atom stereocenters. The molecule has 0 fully saturated rings. The predicted octanol–water partition coefficient (Wildman–Crippen LogP) is 2.42. The van der Waals surface area contributed by atoms with Crippen LogP contribution >= 0.6 is 11.8 Å². The van der Waals surface area contributed by atoms with Gasteiger partial charge in [0.1, 0.15) is 5.58 Å². The molecule has 44 heavy (non-hydrogen) atoms. The van der Waals surface area contributed by atoms with Gasteiger partial charge in [-0.25, -0.2) is 4.79 Å². The number of carboxylic acids is 2. The van der Waals surface area contributed by atoms with Crippen molar-refractivity contribution in [2.45, 2.75) is 114 Å². The molecule has 3 aromatic rings. The summed E-state index contributed by atoms with van der Waals surface area (Å²) in [7, 11) is 0. The van der Waals surface area contributed by atoms with Crippen molar-refractivity contribution in [2.24, 2.45) is 0 Å². The number of hydrogen-bond acceptors (Lipinski definition) is 6. The van der Waals surface area contributed by atoms with Gasteiger partial charge in [-0.05, 0) is 55.4 Å². The van der Waals surface area contributed by atoms with Crippen LogP contribution in [0.15, 0.2) is 56.6 Å². The maximum absolute atomic E-state index is 12.7. The Balaban J connectivity index is 0. The average Bonchev–Trinajstić information content (AvgIpc) is 2.96. The number of carboxylic acid groups (broad SMARTS) is 2. The minimum atomic E-state index is -1.31. The second-order valence-corrected chi connectivity index (χ2v) is 12.1. The molecule has 3 N–H and O–H groups in total. The van der Waals surface area contributed by atoms with Gasteiger partial charge in [0.15, 0.2) is 5.43 Å². The second-order valence-electron chi connectivity index (χ2n) is 11.0. The smallest absolute Gasteiger partial charge is 1.00 e. The van der Waals surface area contributed by atoms with Gasteiger partial charge in [0.05, 0.1) is 16.7 Å². The Labute approximate surface area is 312 Å². The van der Waals surface area contributed by atoms with Crippen LogP contribution in [0.5, 0.6) is 0 Å². The first kappa shape index (κ1) is 40.9. The van der Waals surface area contributed by atoms with Crippen LogP contribution in [0, 0.1) is 0 Å². The van der Waals surface area contributed by atoms with Gasteiger partial charge in [0.2, 0.25) is 5.76 Å². The average molecular weight is 645 g/mol. The zero-order valence-corrected chi connectivity index (χ0v) is 31.6. The van der Waals surface area contributed by atoms with E-state index < -0.39 is 34.5 Å². The number of fused-ring (bicyclic) bond motifs is 1. The number of aromatic carboxylic acids is 1. The van der Waals surface area contributed by atoms with Crippen LogP contribution in [0.1, 0.15) is 120 Å². The Kier molecular flexibility index (Phi) is 20.1. The van der Waals surface area contributed by atoms with Gasteiger partial charge in [0, 0.05) is 22.9 Å². The predicted molar refractivity (Wildman–Crippen MR) is 170 cm³/mol. The van der Waals surface area contributed by atoms with E-state index in [0.717, 1.165) is 41.4 Å². The summed E-state index contributed by atoms with van der Waals surface area (Å²) in [4.78, 5) is 36.2. The topological polar surface area (TPSA) is 125 Å². The van der Waals surface area contributed by atoms with Gasteiger partial charge < -0.3 is 22.6 Å². The van der Waals surface area contributed by atoms with Crippen molar-refractivity contribution in [2.75, 3.05) is 0 Å². The standard InChI is InChI=1S/C34H44O7S.2Na.2H/c1-3-5-6-7-8-9-10-13-23-16-18-24(19-17-23)33(27(35)14-11-15-31(37)38)42-30-21-20-25-28(36)22-29(34(39)40)41-32(25)26(30)12-4-2;;;;/h16-22,27,33,35H,3-15H2,1-2H3,(H,37,38)(H,39,40);;;;/q;2*+1;2*-1. The summed E-state index contributed by atoms with van der Waals surface area (Å²) in [6.45, 7) is 4.22. The molecule has 0 aliphatic heterocycles. The fourth-order valence-corrected chi connectivity index (χ4v) is 6.58. The molecule has 10 heteroatoms. The number of thioether (sulfide) groups is 1. The summed E-state index contributed by atoms with van der Waals surface area (Å²) in [6, 6.07) is 12.8. The molecule has 3 rings (SSSR count). The fourth-order valence-electron chi connectivity index (χ4n) is 5.24. The Morgan fingerprint density at radius 3 is 2.14 bits per heavy atom. The molecule has 0 spiro atoms. The van der Waals surface area contributed by atoms with Crippen LogP contribution in [-0.4, -0.2) is 33.4 Å². The van der Waals surface area contributed by atoms with Crippen molar-refractivity contribution >= 4 is 34.7 Å². The summed E-state index contributed by atoms with van der Waals surface area (Å²) in [5.41, 5.74) is 2.75. The number of rotatable bonds is 19. The molecule has 0 aliphatic carbocycles. The zero-order chi connectivity index (χ0) is 30.5. The van der Waals surface area contributed by atoms with Crippen molar-refractivity contribution in [3.8, 4) is 0 Å². The SMILES string of the molecule is CCCCCCCCCc1ccc(C(Sc2ccc3c(=O)cc(C(=O)O)oc3c2CCC)C(O)CCCC(=O)O)cc1.[H-].[H-].[Na+].[Na+]. The maximum atomic E-state index is 12.7. The first-order valence-corrected chi connectivity index (χ1v) is 16.1. The quantitative estimate of drug-likeness (QED) is 0.103. The minimum Gasteiger partial charge on any atom is -1.00 e.